The van der Waals surface area contributed by atoms with Gasteiger partial charge in [0.2, 0.25) is 0 Å². The lowest BCUT2D eigenvalue weighted by atomic mass is 10.2. The maximum absolute atomic E-state index is 5.27. The average Bonchev–Trinajstić information content (AvgIpc) is 3.13. The summed E-state index contributed by atoms with van der Waals surface area (Å²) in [4.78, 5) is 4.64. The molecular weight excluding hydrogens is 244 g/mol. The summed E-state index contributed by atoms with van der Waals surface area (Å²) in [7, 11) is 1.77. The molecule has 1 aromatic carbocycles. The zero-order valence-corrected chi connectivity index (χ0v) is 11.4. The van der Waals surface area contributed by atoms with E-state index in [9.17, 15) is 0 Å². The van der Waals surface area contributed by atoms with Gasteiger partial charge in [0.25, 0.3) is 0 Å². The van der Waals surface area contributed by atoms with Crippen molar-refractivity contribution < 1.29 is 4.74 Å². The van der Waals surface area contributed by atoms with Crippen molar-refractivity contribution in [1.82, 2.24) is 10.3 Å². The minimum absolute atomic E-state index is 0.488. The first-order chi connectivity index (χ1) is 8.86. The van der Waals surface area contributed by atoms with Gasteiger partial charge in [0.1, 0.15) is 5.01 Å². The van der Waals surface area contributed by atoms with Crippen molar-refractivity contribution in [2.45, 2.75) is 25.4 Å². The van der Waals surface area contributed by atoms with Crippen LogP contribution in [0.3, 0.4) is 0 Å². The van der Waals surface area contributed by atoms with Crippen molar-refractivity contribution >= 4 is 21.6 Å². The van der Waals surface area contributed by atoms with Gasteiger partial charge in [-0.2, -0.15) is 0 Å². The molecule has 96 valence electrons. The summed E-state index contributed by atoms with van der Waals surface area (Å²) in [6.07, 6.45) is 2.67. The van der Waals surface area contributed by atoms with E-state index < -0.39 is 0 Å². The van der Waals surface area contributed by atoms with E-state index >= 15 is 0 Å². The second kappa shape index (κ2) is 5.34. The fraction of sp³-hybridized carbons (Fsp3) is 0.500. The average molecular weight is 262 g/mol. The molecule has 4 heteroatoms. The van der Waals surface area contributed by atoms with Crippen molar-refractivity contribution in [3.63, 3.8) is 0 Å². The lowest BCUT2D eigenvalue weighted by molar-refractivity contribution is 0.157. The Morgan fingerprint density at radius 2 is 2.28 bits per heavy atom. The normalized spacial score (nSPS) is 17.2. The second-order valence-electron chi connectivity index (χ2n) is 4.86. The van der Waals surface area contributed by atoms with E-state index in [2.05, 4.69) is 28.5 Å². The number of hydrogen-bond donors (Lipinski definition) is 1. The minimum atomic E-state index is 0.488. The Morgan fingerprint density at radius 1 is 1.44 bits per heavy atom. The highest BCUT2D eigenvalue weighted by molar-refractivity contribution is 7.18. The number of rotatable bonds is 6. The number of hydrogen-bond acceptors (Lipinski definition) is 4. The summed E-state index contributed by atoms with van der Waals surface area (Å²) in [6.45, 7) is 1.65. The third-order valence-corrected chi connectivity index (χ3v) is 4.43. The summed E-state index contributed by atoms with van der Waals surface area (Å²) in [6, 6.07) is 8.79. The van der Waals surface area contributed by atoms with Crippen LogP contribution in [0.25, 0.3) is 10.2 Å². The van der Waals surface area contributed by atoms with Crippen LogP contribution in [0.1, 0.15) is 17.8 Å². The van der Waals surface area contributed by atoms with Gasteiger partial charge in [-0.05, 0) is 30.9 Å². The highest BCUT2D eigenvalue weighted by Crippen LogP contribution is 2.33. The number of thiazole rings is 1. The van der Waals surface area contributed by atoms with Gasteiger partial charge >= 0.3 is 0 Å². The van der Waals surface area contributed by atoms with Crippen LogP contribution in [0, 0.1) is 5.92 Å². The van der Waals surface area contributed by atoms with E-state index in [1.807, 2.05) is 6.07 Å². The molecule has 3 rings (SSSR count). The molecule has 3 nitrogen and oxygen atoms in total. The van der Waals surface area contributed by atoms with E-state index in [1.54, 1.807) is 18.4 Å². The molecule has 1 N–H and O–H groups in total. The summed E-state index contributed by atoms with van der Waals surface area (Å²) in [5.41, 5.74) is 1.11. The van der Waals surface area contributed by atoms with Gasteiger partial charge in [-0.25, -0.2) is 4.98 Å². The lowest BCUT2D eigenvalue weighted by Crippen LogP contribution is -2.34. The zero-order chi connectivity index (χ0) is 12.4. The molecule has 0 saturated heterocycles. The molecule has 1 saturated carbocycles. The van der Waals surface area contributed by atoms with Crippen LogP contribution in [0.5, 0.6) is 0 Å². The maximum Gasteiger partial charge on any atom is 0.108 e. The number of ether oxygens (including phenoxy) is 1. The van der Waals surface area contributed by atoms with Crippen molar-refractivity contribution in [3.8, 4) is 0 Å². The van der Waals surface area contributed by atoms with Crippen LogP contribution in [0.4, 0.5) is 0 Å². The largest absolute Gasteiger partial charge is 0.383 e. The first-order valence-corrected chi connectivity index (χ1v) is 7.25. The fourth-order valence-electron chi connectivity index (χ4n) is 2.25. The molecule has 1 unspecified atom stereocenters. The number of para-hydroxylation sites is 1. The second-order valence-corrected chi connectivity index (χ2v) is 5.97. The first kappa shape index (κ1) is 12.1. The van der Waals surface area contributed by atoms with Gasteiger partial charge in [0.15, 0.2) is 0 Å². The summed E-state index contributed by atoms with van der Waals surface area (Å²) in [5.74, 6) is 0.805. The SMILES string of the molecule is COCC(NCc1nc2ccccc2s1)C1CC1. The van der Waals surface area contributed by atoms with Gasteiger partial charge in [-0.15, -0.1) is 11.3 Å². The molecule has 18 heavy (non-hydrogen) atoms. The van der Waals surface area contributed by atoms with Crippen LogP contribution >= 0.6 is 11.3 Å². The van der Waals surface area contributed by atoms with E-state index in [1.165, 1.54) is 17.5 Å². The molecule has 1 aliphatic rings. The lowest BCUT2D eigenvalue weighted by Gasteiger charge is -2.16. The Labute approximate surface area is 111 Å². The smallest absolute Gasteiger partial charge is 0.108 e. The van der Waals surface area contributed by atoms with Crippen LogP contribution in [0.15, 0.2) is 24.3 Å². The molecule has 1 aromatic heterocycles. The predicted octanol–water partition coefficient (Wildman–Crippen LogP) is 2.81. The zero-order valence-electron chi connectivity index (χ0n) is 10.6. The quantitative estimate of drug-likeness (QED) is 0.869. The highest BCUT2D eigenvalue weighted by atomic mass is 32.1. The molecule has 1 heterocycles. The molecular formula is C14H18N2OS. The summed E-state index contributed by atoms with van der Waals surface area (Å²) < 4.78 is 6.54. The van der Waals surface area contributed by atoms with Crippen LogP contribution in [-0.2, 0) is 11.3 Å². The third kappa shape index (κ3) is 2.71. The van der Waals surface area contributed by atoms with Gasteiger partial charge in [0.05, 0.1) is 16.8 Å². The standard InChI is InChI=1S/C14H18N2OS/c1-17-9-12(10-6-7-10)15-8-14-16-11-4-2-3-5-13(11)18-14/h2-5,10,12,15H,6-9H2,1H3. The number of aromatic nitrogens is 1. The van der Waals surface area contributed by atoms with E-state index in [4.69, 9.17) is 4.74 Å². The van der Waals surface area contributed by atoms with Crippen molar-refractivity contribution in [3.05, 3.63) is 29.3 Å². The van der Waals surface area contributed by atoms with Crippen LogP contribution in [0.2, 0.25) is 0 Å². The van der Waals surface area contributed by atoms with E-state index in [0.29, 0.717) is 6.04 Å². The van der Waals surface area contributed by atoms with E-state index in [0.717, 1.165) is 29.6 Å². The predicted molar refractivity (Wildman–Crippen MR) is 74.8 cm³/mol. The van der Waals surface area contributed by atoms with Gasteiger partial charge < -0.3 is 10.1 Å². The summed E-state index contributed by atoms with van der Waals surface area (Å²) in [5, 5.41) is 4.75. The third-order valence-electron chi connectivity index (χ3n) is 3.39. The Kier molecular flexibility index (Phi) is 3.59. The molecule has 0 radical (unpaired) electrons. The van der Waals surface area contributed by atoms with E-state index in [-0.39, 0.29) is 0 Å². The van der Waals surface area contributed by atoms with Crippen molar-refractivity contribution in [1.29, 1.82) is 0 Å². The van der Waals surface area contributed by atoms with Crippen molar-refractivity contribution in [2.24, 2.45) is 5.92 Å². The number of nitrogens with zero attached hydrogens (tertiary/aromatic N) is 1. The number of fused-ring (bicyclic) bond motifs is 1. The van der Waals surface area contributed by atoms with Crippen LogP contribution < -0.4 is 5.32 Å². The monoisotopic (exact) mass is 262 g/mol. The first-order valence-electron chi connectivity index (χ1n) is 6.43. The number of benzene rings is 1. The topological polar surface area (TPSA) is 34.1 Å². The Balaban J connectivity index is 1.64. The minimum Gasteiger partial charge on any atom is -0.383 e. The molecule has 1 atom stereocenters. The molecule has 0 spiro atoms. The molecule has 1 fully saturated rings. The fourth-order valence-corrected chi connectivity index (χ4v) is 3.17. The van der Waals surface area contributed by atoms with Crippen molar-refractivity contribution in [2.75, 3.05) is 13.7 Å². The Morgan fingerprint density at radius 3 is 3.00 bits per heavy atom. The van der Waals surface area contributed by atoms with Gasteiger partial charge in [-0.1, -0.05) is 12.1 Å². The molecule has 0 bridgehead atoms. The number of methoxy groups -OCH3 is 1. The Bertz CT molecular complexity index is 488. The van der Waals surface area contributed by atoms with Gasteiger partial charge in [0, 0.05) is 19.7 Å². The number of nitrogens with one attached hydrogen (secondary N) is 1. The molecule has 0 amide bonds. The summed E-state index contributed by atoms with van der Waals surface area (Å²) >= 11 is 1.78. The van der Waals surface area contributed by atoms with Gasteiger partial charge in [-0.3, -0.25) is 0 Å². The molecule has 1 aliphatic carbocycles. The van der Waals surface area contributed by atoms with Crippen LogP contribution in [-0.4, -0.2) is 24.7 Å². The molecule has 0 aliphatic heterocycles. The highest BCUT2D eigenvalue weighted by Gasteiger charge is 2.30. The Hall–Kier alpha value is -0.970. The molecule has 2 aromatic rings. The maximum atomic E-state index is 5.27.